The van der Waals surface area contributed by atoms with Crippen LogP contribution in [0.3, 0.4) is 0 Å². The Balaban J connectivity index is 1.71. The third-order valence-electron chi connectivity index (χ3n) is 3.94. The zero-order valence-corrected chi connectivity index (χ0v) is 11.3. The van der Waals surface area contributed by atoms with Gasteiger partial charge in [-0.05, 0) is 25.7 Å². The molecule has 5 heteroatoms. The van der Waals surface area contributed by atoms with E-state index in [9.17, 15) is 4.79 Å². The summed E-state index contributed by atoms with van der Waals surface area (Å²) in [4.78, 5) is 16.2. The lowest BCUT2D eigenvalue weighted by Gasteiger charge is -2.36. The Kier molecular flexibility index (Phi) is 4.97. The number of morpholine rings is 1. The van der Waals surface area contributed by atoms with Crippen molar-refractivity contribution in [1.29, 1.82) is 0 Å². The van der Waals surface area contributed by atoms with Crippen molar-refractivity contribution < 1.29 is 9.53 Å². The number of nitrogens with zero attached hydrogens (tertiary/aromatic N) is 2. The summed E-state index contributed by atoms with van der Waals surface area (Å²) in [6.07, 6.45) is 2.21. The van der Waals surface area contributed by atoms with Gasteiger partial charge < -0.3 is 15.4 Å². The second-order valence-corrected chi connectivity index (χ2v) is 5.47. The van der Waals surface area contributed by atoms with Gasteiger partial charge in [0, 0.05) is 32.7 Å². The lowest BCUT2D eigenvalue weighted by atomic mass is 9.95. The van der Waals surface area contributed by atoms with Crippen LogP contribution < -0.4 is 5.73 Å². The molecule has 2 heterocycles. The third-order valence-corrected chi connectivity index (χ3v) is 3.94. The average Bonchev–Trinajstić information content (AvgIpc) is 2.40. The highest BCUT2D eigenvalue weighted by atomic mass is 16.5. The van der Waals surface area contributed by atoms with Gasteiger partial charge in [-0.1, -0.05) is 0 Å². The van der Waals surface area contributed by atoms with E-state index in [1.165, 1.54) is 0 Å². The largest absolute Gasteiger partial charge is 0.379 e. The second kappa shape index (κ2) is 6.50. The molecule has 0 bridgehead atoms. The van der Waals surface area contributed by atoms with Gasteiger partial charge in [-0.2, -0.15) is 0 Å². The van der Waals surface area contributed by atoms with E-state index in [0.717, 1.165) is 64.7 Å². The summed E-state index contributed by atoms with van der Waals surface area (Å²) in [6, 6.07) is -0.360. The number of carbonyl (C=O) groups is 1. The molecular formula is C13H25N3O2. The van der Waals surface area contributed by atoms with Crippen LogP contribution in [0.4, 0.5) is 0 Å². The molecule has 2 saturated heterocycles. The number of nitrogens with two attached hydrogens (primary N) is 1. The molecule has 1 amide bonds. The molecule has 0 saturated carbocycles. The van der Waals surface area contributed by atoms with E-state index in [-0.39, 0.29) is 11.9 Å². The Morgan fingerprint density at radius 1 is 1.28 bits per heavy atom. The summed E-state index contributed by atoms with van der Waals surface area (Å²) >= 11 is 0. The molecule has 0 aromatic carbocycles. The fourth-order valence-corrected chi connectivity index (χ4v) is 2.77. The van der Waals surface area contributed by atoms with Gasteiger partial charge in [0.15, 0.2) is 0 Å². The van der Waals surface area contributed by atoms with Gasteiger partial charge in [0.2, 0.25) is 5.91 Å². The van der Waals surface area contributed by atoms with Crippen LogP contribution in [0, 0.1) is 5.92 Å². The van der Waals surface area contributed by atoms with E-state index < -0.39 is 0 Å². The number of carbonyl (C=O) groups excluding carboxylic acids is 1. The fraction of sp³-hybridized carbons (Fsp3) is 0.923. The Labute approximate surface area is 109 Å². The molecule has 0 aromatic heterocycles. The Morgan fingerprint density at radius 3 is 2.44 bits per heavy atom. The van der Waals surface area contributed by atoms with Crippen molar-refractivity contribution in [3.63, 3.8) is 0 Å². The molecule has 0 spiro atoms. The van der Waals surface area contributed by atoms with E-state index >= 15 is 0 Å². The highest BCUT2D eigenvalue weighted by Crippen LogP contribution is 2.19. The molecule has 0 aromatic rings. The zero-order valence-electron chi connectivity index (χ0n) is 11.3. The van der Waals surface area contributed by atoms with Crippen molar-refractivity contribution in [3.05, 3.63) is 0 Å². The summed E-state index contributed by atoms with van der Waals surface area (Å²) in [6.45, 7) is 8.50. The molecule has 2 rings (SSSR count). The molecule has 2 fully saturated rings. The van der Waals surface area contributed by atoms with Crippen molar-refractivity contribution in [2.75, 3.05) is 45.9 Å². The third kappa shape index (κ3) is 3.67. The van der Waals surface area contributed by atoms with Crippen molar-refractivity contribution in [2.45, 2.75) is 25.8 Å². The quantitative estimate of drug-likeness (QED) is 0.765. The fourth-order valence-electron chi connectivity index (χ4n) is 2.77. The Hall–Kier alpha value is -0.650. The number of rotatable bonds is 3. The van der Waals surface area contributed by atoms with Crippen LogP contribution in [0.1, 0.15) is 19.8 Å². The standard InChI is InChI=1S/C13H25N3O2/c1-11(14)13(17)16-4-2-12(3-5-16)10-15-6-8-18-9-7-15/h11-12H,2-10,14H2,1H3/t11-/m0/s1. The first-order valence-corrected chi connectivity index (χ1v) is 7.01. The number of likely N-dealkylation sites (tertiary alicyclic amines) is 1. The van der Waals surface area contributed by atoms with Crippen LogP contribution in [-0.4, -0.2) is 67.7 Å². The smallest absolute Gasteiger partial charge is 0.239 e. The number of ether oxygens (including phenoxy) is 1. The highest BCUT2D eigenvalue weighted by molar-refractivity contribution is 5.81. The van der Waals surface area contributed by atoms with Crippen molar-refractivity contribution in [2.24, 2.45) is 11.7 Å². The summed E-state index contributed by atoms with van der Waals surface area (Å²) in [5.74, 6) is 0.819. The predicted octanol–water partition coefficient (Wildman–Crippen LogP) is -0.0956. The van der Waals surface area contributed by atoms with E-state index in [4.69, 9.17) is 10.5 Å². The zero-order chi connectivity index (χ0) is 13.0. The molecule has 1 atom stereocenters. The maximum Gasteiger partial charge on any atom is 0.239 e. The van der Waals surface area contributed by atoms with Gasteiger partial charge in [-0.15, -0.1) is 0 Å². The second-order valence-electron chi connectivity index (χ2n) is 5.47. The summed E-state index contributed by atoms with van der Waals surface area (Å²) in [5, 5.41) is 0. The average molecular weight is 255 g/mol. The predicted molar refractivity (Wildman–Crippen MR) is 70.2 cm³/mol. The minimum Gasteiger partial charge on any atom is -0.379 e. The maximum absolute atomic E-state index is 11.8. The van der Waals surface area contributed by atoms with Gasteiger partial charge in [0.05, 0.1) is 19.3 Å². The van der Waals surface area contributed by atoms with Crippen LogP contribution in [0.5, 0.6) is 0 Å². The maximum atomic E-state index is 11.8. The Morgan fingerprint density at radius 2 is 1.89 bits per heavy atom. The van der Waals surface area contributed by atoms with Gasteiger partial charge in [-0.25, -0.2) is 0 Å². The molecule has 2 N–H and O–H groups in total. The lowest BCUT2D eigenvalue weighted by Crippen LogP contribution is -2.48. The first-order chi connectivity index (χ1) is 8.66. The topological polar surface area (TPSA) is 58.8 Å². The lowest BCUT2D eigenvalue weighted by molar-refractivity contribution is -0.133. The molecule has 104 valence electrons. The van der Waals surface area contributed by atoms with Crippen molar-refractivity contribution >= 4 is 5.91 Å². The summed E-state index contributed by atoms with van der Waals surface area (Å²) < 4.78 is 5.36. The molecule has 0 radical (unpaired) electrons. The number of amides is 1. The minimum atomic E-state index is -0.360. The summed E-state index contributed by atoms with van der Waals surface area (Å²) in [7, 11) is 0. The molecule has 5 nitrogen and oxygen atoms in total. The normalized spacial score (nSPS) is 25.1. The Bertz CT molecular complexity index is 269. The van der Waals surface area contributed by atoms with Crippen LogP contribution in [0.25, 0.3) is 0 Å². The number of hydrogen-bond acceptors (Lipinski definition) is 4. The van der Waals surface area contributed by atoms with Crippen LogP contribution >= 0.6 is 0 Å². The van der Waals surface area contributed by atoms with Crippen molar-refractivity contribution in [3.8, 4) is 0 Å². The molecular weight excluding hydrogens is 230 g/mol. The monoisotopic (exact) mass is 255 g/mol. The molecule has 18 heavy (non-hydrogen) atoms. The first kappa shape index (κ1) is 13.8. The highest BCUT2D eigenvalue weighted by Gasteiger charge is 2.25. The van der Waals surface area contributed by atoms with E-state index in [1.54, 1.807) is 6.92 Å². The van der Waals surface area contributed by atoms with Gasteiger partial charge in [-0.3, -0.25) is 9.69 Å². The van der Waals surface area contributed by atoms with Gasteiger partial charge >= 0.3 is 0 Å². The van der Waals surface area contributed by atoms with Crippen LogP contribution in [0.15, 0.2) is 0 Å². The van der Waals surface area contributed by atoms with Gasteiger partial charge in [0.1, 0.15) is 0 Å². The van der Waals surface area contributed by atoms with Crippen LogP contribution in [0.2, 0.25) is 0 Å². The molecule has 2 aliphatic heterocycles. The first-order valence-electron chi connectivity index (χ1n) is 7.01. The van der Waals surface area contributed by atoms with E-state index in [0.29, 0.717) is 0 Å². The van der Waals surface area contributed by atoms with Crippen LogP contribution in [-0.2, 0) is 9.53 Å². The van der Waals surface area contributed by atoms with E-state index in [2.05, 4.69) is 4.90 Å². The minimum absolute atomic E-state index is 0.0971. The SMILES string of the molecule is C[C@H](N)C(=O)N1CCC(CN2CCOCC2)CC1. The molecule has 0 unspecified atom stereocenters. The molecule has 2 aliphatic rings. The molecule has 0 aliphatic carbocycles. The van der Waals surface area contributed by atoms with E-state index in [1.807, 2.05) is 4.90 Å². The number of hydrogen-bond donors (Lipinski definition) is 1. The number of piperidine rings is 1. The van der Waals surface area contributed by atoms with Gasteiger partial charge in [0.25, 0.3) is 0 Å². The summed E-state index contributed by atoms with van der Waals surface area (Å²) in [5.41, 5.74) is 5.64. The van der Waals surface area contributed by atoms with Crippen molar-refractivity contribution in [1.82, 2.24) is 9.80 Å².